The average molecular weight is 466 g/mol. The molecule has 2 heterocycles. The molecule has 0 atom stereocenters. The molecule has 9 heteroatoms. The van der Waals surface area contributed by atoms with Crippen molar-refractivity contribution in [3.05, 3.63) is 64.7 Å². The van der Waals surface area contributed by atoms with Gasteiger partial charge in [-0.15, -0.1) is 10.2 Å². The molecule has 0 radical (unpaired) electrons. The minimum atomic E-state index is -3.86. The summed E-state index contributed by atoms with van der Waals surface area (Å²) in [4.78, 5) is 0.0100. The lowest BCUT2D eigenvalue weighted by Crippen LogP contribution is -2.39. The zero-order valence-electron chi connectivity index (χ0n) is 19.2. The van der Waals surface area contributed by atoms with E-state index in [1.807, 2.05) is 52.0 Å². The predicted octanol–water partition coefficient (Wildman–Crippen LogP) is 4.20. The van der Waals surface area contributed by atoms with Crippen molar-refractivity contribution in [3.63, 3.8) is 0 Å². The average Bonchev–Trinajstić information content (AvgIpc) is 3.11. The standard InChI is InChI=1S/C24H27N5O3S/c1-16-11-17(2)13-22(12-16)32-23-6-5-20(15-25)14-24(23)33(30,31)28-9-7-21(8-10-28)29-18(3)26-27-19(29)4/h5-6,11-14,21H,7-10H2,1-4H3. The van der Waals surface area contributed by atoms with E-state index in [9.17, 15) is 13.7 Å². The van der Waals surface area contributed by atoms with Crippen LogP contribution in [0.25, 0.3) is 0 Å². The molecule has 0 spiro atoms. The second-order valence-corrected chi connectivity index (χ2v) is 10.4. The maximum absolute atomic E-state index is 13.6. The summed E-state index contributed by atoms with van der Waals surface area (Å²) in [6, 6.07) is 12.4. The van der Waals surface area contributed by atoms with Crippen molar-refractivity contribution in [3.8, 4) is 17.6 Å². The van der Waals surface area contributed by atoms with Crippen LogP contribution in [0.1, 0.15) is 47.2 Å². The van der Waals surface area contributed by atoms with Gasteiger partial charge in [0.05, 0.1) is 11.6 Å². The third-order valence-corrected chi connectivity index (χ3v) is 7.86. The zero-order valence-corrected chi connectivity index (χ0v) is 20.1. The van der Waals surface area contributed by atoms with E-state index in [0.717, 1.165) is 22.8 Å². The molecule has 8 nitrogen and oxygen atoms in total. The molecule has 1 aromatic heterocycles. The first-order valence-corrected chi connectivity index (χ1v) is 12.3. The van der Waals surface area contributed by atoms with E-state index < -0.39 is 10.0 Å². The van der Waals surface area contributed by atoms with Crippen LogP contribution in [-0.2, 0) is 10.0 Å². The summed E-state index contributed by atoms with van der Waals surface area (Å²) in [6.07, 6.45) is 1.31. The van der Waals surface area contributed by atoms with Crippen LogP contribution in [0.15, 0.2) is 41.3 Å². The number of piperidine rings is 1. The van der Waals surface area contributed by atoms with E-state index in [1.54, 1.807) is 12.1 Å². The molecule has 33 heavy (non-hydrogen) atoms. The van der Waals surface area contributed by atoms with Gasteiger partial charge in [0, 0.05) is 19.1 Å². The Kier molecular flexibility index (Phi) is 6.23. The van der Waals surface area contributed by atoms with Gasteiger partial charge in [-0.3, -0.25) is 0 Å². The highest BCUT2D eigenvalue weighted by atomic mass is 32.2. The van der Waals surface area contributed by atoms with Crippen LogP contribution >= 0.6 is 0 Å². The van der Waals surface area contributed by atoms with Gasteiger partial charge in [-0.2, -0.15) is 9.57 Å². The fourth-order valence-electron chi connectivity index (χ4n) is 4.47. The van der Waals surface area contributed by atoms with E-state index >= 15 is 0 Å². The van der Waals surface area contributed by atoms with Crippen molar-refractivity contribution in [2.24, 2.45) is 0 Å². The molecule has 3 aromatic rings. The monoisotopic (exact) mass is 465 g/mol. The molecule has 0 saturated carbocycles. The molecule has 0 amide bonds. The minimum Gasteiger partial charge on any atom is -0.456 e. The number of rotatable bonds is 5. The van der Waals surface area contributed by atoms with Crippen LogP contribution in [-0.4, -0.2) is 40.6 Å². The van der Waals surface area contributed by atoms with Gasteiger partial charge in [0.2, 0.25) is 10.0 Å². The SMILES string of the molecule is Cc1cc(C)cc(Oc2ccc(C#N)cc2S(=O)(=O)N2CCC(n3c(C)nnc3C)CC2)c1. The third kappa shape index (κ3) is 4.63. The van der Waals surface area contributed by atoms with Gasteiger partial charge in [0.25, 0.3) is 0 Å². The first-order valence-electron chi connectivity index (χ1n) is 10.9. The Balaban J connectivity index is 1.62. The van der Waals surface area contributed by atoms with E-state index in [2.05, 4.69) is 14.8 Å². The number of sulfonamides is 1. The van der Waals surface area contributed by atoms with Gasteiger partial charge >= 0.3 is 0 Å². The van der Waals surface area contributed by atoms with E-state index in [1.165, 1.54) is 10.4 Å². The summed E-state index contributed by atoms with van der Waals surface area (Å²) in [6.45, 7) is 8.47. The number of hydrogen-bond donors (Lipinski definition) is 0. The predicted molar refractivity (Wildman–Crippen MR) is 124 cm³/mol. The molecule has 1 aliphatic heterocycles. The number of ether oxygens (including phenoxy) is 1. The Labute approximate surface area is 194 Å². The number of aryl methyl sites for hydroxylation is 4. The lowest BCUT2D eigenvalue weighted by atomic mass is 10.1. The highest BCUT2D eigenvalue weighted by Crippen LogP contribution is 2.35. The second-order valence-electron chi connectivity index (χ2n) is 8.50. The minimum absolute atomic E-state index is 0.0100. The molecule has 0 aliphatic carbocycles. The molecule has 1 saturated heterocycles. The maximum atomic E-state index is 13.6. The van der Waals surface area contributed by atoms with Crippen molar-refractivity contribution in [2.45, 2.75) is 51.5 Å². The van der Waals surface area contributed by atoms with Gasteiger partial charge in [-0.1, -0.05) is 6.07 Å². The van der Waals surface area contributed by atoms with Crippen molar-refractivity contribution in [1.82, 2.24) is 19.1 Å². The first-order chi connectivity index (χ1) is 15.7. The smallest absolute Gasteiger partial charge is 0.246 e. The summed E-state index contributed by atoms with van der Waals surface area (Å²) in [5.41, 5.74) is 2.31. The normalized spacial score (nSPS) is 15.4. The Bertz CT molecular complexity index is 1290. The Hall–Kier alpha value is -3.22. The Morgan fingerprint density at radius 3 is 2.15 bits per heavy atom. The van der Waals surface area contributed by atoms with Gasteiger partial charge in [-0.25, -0.2) is 8.42 Å². The van der Waals surface area contributed by atoms with Crippen molar-refractivity contribution < 1.29 is 13.2 Å². The largest absolute Gasteiger partial charge is 0.456 e. The lowest BCUT2D eigenvalue weighted by Gasteiger charge is -2.32. The quantitative estimate of drug-likeness (QED) is 0.560. The summed E-state index contributed by atoms with van der Waals surface area (Å²) in [7, 11) is -3.86. The first kappa shape index (κ1) is 23.0. The molecule has 0 bridgehead atoms. The van der Waals surface area contributed by atoms with E-state index in [4.69, 9.17) is 4.74 Å². The Morgan fingerprint density at radius 1 is 0.970 bits per heavy atom. The molecular weight excluding hydrogens is 438 g/mol. The van der Waals surface area contributed by atoms with Gasteiger partial charge in [0.1, 0.15) is 28.0 Å². The van der Waals surface area contributed by atoms with Gasteiger partial charge in [0.15, 0.2) is 0 Å². The molecule has 2 aromatic carbocycles. The van der Waals surface area contributed by atoms with Crippen molar-refractivity contribution in [2.75, 3.05) is 13.1 Å². The third-order valence-electron chi connectivity index (χ3n) is 5.94. The van der Waals surface area contributed by atoms with Crippen LogP contribution in [0.5, 0.6) is 11.5 Å². The molecule has 1 aliphatic rings. The highest BCUT2D eigenvalue weighted by Gasteiger charge is 2.33. The van der Waals surface area contributed by atoms with Gasteiger partial charge < -0.3 is 9.30 Å². The molecule has 4 rings (SSSR count). The Morgan fingerprint density at radius 2 is 1.58 bits per heavy atom. The molecule has 0 N–H and O–H groups in total. The molecular formula is C24H27N5O3S. The second kappa shape index (κ2) is 8.96. The summed E-state index contributed by atoms with van der Waals surface area (Å²) < 4.78 is 36.8. The summed E-state index contributed by atoms with van der Waals surface area (Å²) in [5, 5.41) is 17.6. The zero-order chi connectivity index (χ0) is 23.8. The van der Waals surface area contributed by atoms with Crippen molar-refractivity contribution in [1.29, 1.82) is 5.26 Å². The topological polar surface area (TPSA) is 101 Å². The number of hydrogen-bond acceptors (Lipinski definition) is 6. The number of nitrogens with zero attached hydrogens (tertiary/aromatic N) is 5. The fraction of sp³-hybridized carbons (Fsp3) is 0.375. The molecule has 0 unspecified atom stereocenters. The van der Waals surface area contributed by atoms with Crippen LogP contribution in [0, 0.1) is 39.0 Å². The summed E-state index contributed by atoms with van der Waals surface area (Å²) >= 11 is 0. The van der Waals surface area contributed by atoms with Crippen molar-refractivity contribution >= 4 is 10.0 Å². The van der Waals surface area contributed by atoms with E-state index in [0.29, 0.717) is 31.7 Å². The molecule has 172 valence electrons. The maximum Gasteiger partial charge on any atom is 0.246 e. The van der Waals surface area contributed by atoms with Crippen LogP contribution in [0.3, 0.4) is 0 Å². The number of aromatic nitrogens is 3. The number of nitriles is 1. The van der Waals surface area contributed by atoms with Crippen LogP contribution in [0.4, 0.5) is 0 Å². The lowest BCUT2D eigenvalue weighted by molar-refractivity contribution is 0.268. The summed E-state index contributed by atoms with van der Waals surface area (Å²) in [5.74, 6) is 2.44. The highest BCUT2D eigenvalue weighted by molar-refractivity contribution is 7.89. The van der Waals surface area contributed by atoms with Gasteiger partial charge in [-0.05, 0) is 82.0 Å². The van der Waals surface area contributed by atoms with Crippen LogP contribution < -0.4 is 4.74 Å². The molecule has 1 fully saturated rings. The van der Waals surface area contributed by atoms with Crippen LogP contribution in [0.2, 0.25) is 0 Å². The van der Waals surface area contributed by atoms with E-state index in [-0.39, 0.29) is 22.3 Å². The fourth-order valence-corrected chi connectivity index (χ4v) is 6.08. The number of benzene rings is 2.